The number of carbonyl (C=O) groups is 3. The van der Waals surface area contributed by atoms with Crippen molar-refractivity contribution in [2.24, 2.45) is 0 Å². The van der Waals surface area contributed by atoms with Gasteiger partial charge in [-0.15, -0.1) is 11.8 Å². The first kappa shape index (κ1) is 18.6. The minimum absolute atomic E-state index is 0.111. The third-order valence-electron chi connectivity index (χ3n) is 3.14. The molecule has 0 aliphatic carbocycles. The van der Waals surface area contributed by atoms with Crippen LogP contribution in [0.4, 0.5) is 0 Å². The summed E-state index contributed by atoms with van der Waals surface area (Å²) in [5.74, 6) is -1.45. The van der Waals surface area contributed by atoms with Gasteiger partial charge in [-0.1, -0.05) is 12.1 Å². The van der Waals surface area contributed by atoms with Gasteiger partial charge in [0.25, 0.3) is 5.91 Å². The number of carbonyl (C=O) groups excluding carboxylic acids is 3. The second-order valence-electron chi connectivity index (χ2n) is 4.95. The molecule has 2 N–H and O–H groups in total. The quantitative estimate of drug-likeness (QED) is 0.547. The van der Waals surface area contributed by atoms with Gasteiger partial charge in [-0.25, -0.2) is 0 Å². The highest BCUT2D eigenvalue weighted by molar-refractivity contribution is 7.98. The van der Waals surface area contributed by atoms with Crippen molar-refractivity contribution in [3.8, 4) is 0 Å². The minimum atomic E-state index is -0.556. The number of hydrogen-bond acceptors (Lipinski definition) is 6. The Kier molecular flexibility index (Phi) is 7.09. The molecule has 1 heterocycles. The maximum Gasteiger partial charge on any atom is 0.325 e. The zero-order valence-corrected chi connectivity index (χ0v) is 14.4. The summed E-state index contributed by atoms with van der Waals surface area (Å²) in [5.41, 5.74) is 0.864. The van der Waals surface area contributed by atoms with E-state index in [0.717, 1.165) is 10.5 Å². The highest BCUT2D eigenvalue weighted by atomic mass is 32.2. The smallest absolute Gasteiger partial charge is 0.325 e. The predicted octanol–water partition coefficient (Wildman–Crippen LogP) is 1.59. The number of benzene rings is 1. The van der Waals surface area contributed by atoms with E-state index in [1.165, 1.54) is 12.3 Å². The summed E-state index contributed by atoms with van der Waals surface area (Å²) < 4.78 is 9.97. The lowest BCUT2D eigenvalue weighted by molar-refractivity contribution is -0.145. The van der Waals surface area contributed by atoms with E-state index in [0.29, 0.717) is 0 Å². The van der Waals surface area contributed by atoms with Crippen LogP contribution in [0.1, 0.15) is 16.1 Å². The molecule has 8 heteroatoms. The normalized spacial score (nSPS) is 10.1. The van der Waals surface area contributed by atoms with Gasteiger partial charge < -0.3 is 19.8 Å². The number of ether oxygens (including phenoxy) is 1. The molecule has 0 unspecified atom stereocenters. The third-order valence-corrected chi connectivity index (χ3v) is 3.89. The molecule has 1 aromatic heterocycles. The first-order valence-electron chi connectivity index (χ1n) is 7.45. The van der Waals surface area contributed by atoms with Gasteiger partial charge in [0.05, 0.1) is 12.8 Å². The van der Waals surface area contributed by atoms with E-state index < -0.39 is 17.8 Å². The van der Waals surface area contributed by atoms with Crippen molar-refractivity contribution in [3.05, 3.63) is 54.0 Å². The van der Waals surface area contributed by atoms with Gasteiger partial charge in [-0.05, 0) is 36.1 Å². The number of hydrogen-bond donors (Lipinski definition) is 2. The van der Waals surface area contributed by atoms with Crippen molar-refractivity contribution in [1.82, 2.24) is 10.6 Å². The Morgan fingerprint density at radius 2 is 1.84 bits per heavy atom. The molecule has 2 rings (SSSR count). The zero-order valence-electron chi connectivity index (χ0n) is 13.6. The number of thioether (sulfide) groups is 1. The van der Waals surface area contributed by atoms with Gasteiger partial charge in [0.15, 0.2) is 5.76 Å². The van der Waals surface area contributed by atoms with Crippen LogP contribution in [0, 0.1) is 0 Å². The first-order chi connectivity index (χ1) is 12.1. The predicted molar refractivity (Wildman–Crippen MR) is 92.1 cm³/mol. The molecule has 0 atom stereocenters. The van der Waals surface area contributed by atoms with Crippen LogP contribution in [0.2, 0.25) is 0 Å². The van der Waals surface area contributed by atoms with Gasteiger partial charge in [0, 0.05) is 4.90 Å². The highest BCUT2D eigenvalue weighted by Gasteiger charge is 2.11. The lowest BCUT2D eigenvalue weighted by Gasteiger charge is -2.07. The summed E-state index contributed by atoms with van der Waals surface area (Å²) in [7, 11) is 0. The van der Waals surface area contributed by atoms with Crippen LogP contribution in [0.5, 0.6) is 0 Å². The largest absolute Gasteiger partial charge is 0.460 e. The van der Waals surface area contributed by atoms with Crippen molar-refractivity contribution in [2.75, 3.05) is 19.3 Å². The fraction of sp³-hybridized carbons (Fsp3) is 0.235. The van der Waals surface area contributed by atoms with E-state index in [1.54, 1.807) is 17.8 Å². The van der Waals surface area contributed by atoms with Crippen LogP contribution < -0.4 is 10.6 Å². The average Bonchev–Trinajstić information content (AvgIpc) is 3.18. The van der Waals surface area contributed by atoms with Gasteiger partial charge >= 0.3 is 5.97 Å². The monoisotopic (exact) mass is 362 g/mol. The first-order valence-corrected chi connectivity index (χ1v) is 8.68. The van der Waals surface area contributed by atoms with Crippen molar-refractivity contribution in [2.45, 2.75) is 11.5 Å². The molecular weight excluding hydrogens is 344 g/mol. The van der Waals surface area contributed by atoms with Crippen molar-refractivity contribution < 1.29 is 23.5 Å². The maximum atomic E-state index is 11.6. The van der Waals surface area contributed by atoms with Crippen LogP contribution in [0.3, 0.4) is 0 Å². The molecular formula is C17H18N2O5S. The standard InChI is InChI=1S/C17H18N2O5S/c1-25-13-6-4-12(5-7-13)11-24-16(21)10-18-15(20)9-19-17(22)14-3-2-8-23-14/h2-8H,9-11H2,1H3,(H,18,20)(H,19,22). The van der Waals surface area contributed by atoms with Crippen molar-refractivity contribution in [3.63, 3.8) is 0 Å². The lowest BCUT2D eigenvalue weighted by Crippen LogP contribution is -2.39. The van der Waals surface area contributed by atoms with Gasteiger partial charge in [-0.3, -0.25) is 14.4 Å². The summed E-state index contributed by atoms with van der Waals surface area (Å²) in [6, 6.07) is 10.7. The Labute approximate surface area is 149 Å². The molecule has 0 spiro atoms. The molecule has 132 valence electrons. The summed E-state index contributed by atoms with van der Waals surface area (Å²) in [6.07, 6.45) is 3.34. The van der Waals surface area contributed by atoms with E-state index in [9.17, 15) is 14.4 Å². The Morgan fingerprint density at radius 1 is 1.08 bits per heavy atom. The molecule has 0 fully saturated rings. The molecule has 0 aliphatic rings. The maximum absolute atomic E-state index is 11.6. The third kappa shape index (κ3) is 6.34. The second kappa shape index (κ2) is 9.53. The van der Waals surface area contributed by atoms with Crippen molar-refractivity contribution in [1.29, 1.82) is 0 Å². The molecule has 0 bridgehead atoms. The fourth-order valence-corrected chi connectivity index (χ4v) is 2.23. The van der Waals surface area contributed by atoms with Gasteiger partial charge in [-0.2, -0.15) is 0 Å². The number of rotatable bonds is 8. The van der Waals surface area contributed by atoms with Crippen LogP contribution in [0.25, 0.3) is 0 Å². The van der Waals surface area contributed by atoms with Crippen LogP contribution >= 0.6 is 11.8 Å². The molecule has 2 amide bonds. The summed E-state index contributed by atoms with van der Waals surface area (Å²) in [4.78, 5) is 35.9. The van der Waals surface area contributed by atoms with E-state index in [4.69, 9.17) is 9.15 Å². The minimum Gasteiger partial charge on any atom is -0.460 e. The topological polar surface area (TPSA) is 97.6 Å². The number of nitrogens with one attached hydrogen (secondary N) is 2. The molecule has 0 saturated carbocycles. The highest BCUT2D eigenvalue weighted by Crippen LogP contribution is 2.15. The second-order valence-corrected chi connectivity index (χ2v) is 5.83. The zero-order chi connectivity index (χ0) is 18.1. The average molecular weight is 362 g/mol. The summed E-state index contributed by atoms with van der Waals surface area (Å²) in [5, 5.41) is 4.75. The van der Waals surface area contributed by atoms with Gasteiger partial charge in [0.1, 0.15) is 13.2 Å². The Bertz CT molecular complexity index is 713. The SMILES string of the molecule is CSc1ccc(COC(=O)CNC(=O)CNC(=O)c2ccco2)cc1. The van der Waals surface area contributed by atoms with E-state index in [1.807, 2.05) is 30.5 Å². The summed E-state index contributed by atoms with van der Waals surface area (Å²) in [6.45, 7) is -0.389. The molecule has 25 heavy (non-hydrogen) atoms. The van der Waals surface area contributed by atoms with Crippen molar-refractivity contribution >= 4 is 29.5 Å². The van der Waals surface area contributed by atoms with E-state index >= 15 is 0 Å². The Hall–Kier alpha value is -2.74. The Morgan fingerprint density at radius 3 is 2.48 bits per heavy atom. The Balaban J connectivity index is 1.63. The number of esters is 1. The molecule has 1 aromatic carbocycles. The fourth-order valence-electron chi connectivity index (χ4n) is 1.83. The molecule has 0 radical (unpaired) electrons. The molecule has 0 saturated heterocycles. The van der Waals surface area contributed by atoms with Crippen LogP contribution in [-0.4, -0.2) is 37.1 Å². The van der Waals surface area contributed by atoms with Crippen LogP contribution in [0.15, 0.2) is 52.0 Å². The lowest BCUT2D eigenvalue weighted by atomic mass is 10.2. The number of furan rings is 1. The summed E-state index contributed by atoms with van der Waals surface area (Å²) >= 11 is 1.63. The van der Waals surface area contributed by atoms with E-state index in [-0.39, 0.29) is 25.5 Å². The van der Waals surface area contributed by atoms with E-state index in [2.05, 4.69) is 10.6 Å². The molecule has 7 nitrogen and oxygen atoms in total. The molecule has 2 aromatic rings. The molecule has 0 aliphatic heterocycles. The number of amides is 2. The van der Waals surface area contributed by atoms with Gasteiger partial charge in [0.2, 0.25) is 5.91 Å². The van der Waals surface area contributed by atoms with Crippen LogP contribution in [-0.2, 0) is 20.9 Å².